The molecule has 0 amide bonds. The lowest BCUT2D eigenvalue weighted by molar-refractivity contribution is 0.414. The van der Waals surface area contributed by atoms with Crippen molar-refractivity contribution >= 4 is 17.5 Å². The smallest absolute Gasteiger partial charge is 0.229 e. The maximum absolute atomic E-state index is 5.16. The Kier molecular flexibility index (Phi) is 4.91. The van der Waals surface area contributed by atoms with Gasteiger partial charge >= 0.3 is 0 Å². The quantitative estimate of drug-likeness (QED) is 0.714. The molecular weight excluding hydrogens is 300 g/mol. The summed E-state index contributed by atoms with van der Waals surface area (Å²) >= 11 is 0. The number of anilines is 3. The molecule has 5 nitrogen and oxygen atoms in total. The van der Waals surface area contributed by atoms with E-state index in [1.165, 1.54) is 0 Å². The van der Waals surface area contributed by atoms with E-state index in [0.717, 1.165) is 28.4 Å². The molecular formula is C19H20N4O. The Hall–Kier alpha value is -3.08. The number of rotatable bonds is 6. The lowest BCUT2D eigenvalue weighted by Crippen LogP contribution is -2.04. The molecule has 1 aromatic heterocycles. The molecule has 1 heterocycles. The van der Waals surface area contributed by atoms with Gasteiger partial charge in [-0.05, 0) is 42.3 Å². The summed E-state index contributed by atoms with van der Waals surface area (Å²) in [4.78, 5) is 8.77. The van der Waals surface area contributed by atoms with Crippen molar-refractivity contribution in [1.29, 1.82) is 0 Å². The van der Waals surface area contributed by atoms with Crippen molar-refractivity contribution < 1.29 is 4.74 Å². The van der Waals surface area contributed by atoms with Gasteiger partial charge in [0.15, 0.2) is 0 Å². The van der Waals surface area contributed by atoms with E-state index in [9.17, 15) is 0 Å². The summed E-state index contributed by atoms with van der Waals surface area (Å²) in [7, 11) is 1.66. The first-order chi connectivity index (χ1) is 11.7. The Morgan fingerprint density at radius 1 is 1.00 bits per heavy atom. The molecule has 122 valence electrons. The van der Waals surface area contributed by atoms with Gasteiger partial charge in [-0.2, -0.15) is 4.98 Å². The first kappa shape index (κ1) is 15.8. The van der Waals surface area contributed by atoms with Gasteiger partial charge in [0.05, 0.1) is 7.11 Å². The number of hydrogen-bond acceptors (Lipinski definition) is 5. The van der Waals surface area contributed by atoms with Crippen LogP contribution in [-0.4, -0.2) is 17.1 Å². The predicted molar refractivity (Wildman–Crippen MR) is 96.8 cm³/mol. The highest BCUT2D eigenvalue weighted by Crippen LogP contribution is 2.18. The third-order valence-electron chi connectivity index (χ3n) is 3.68. The van der Waals surface area contributed by atoms with Gasteiger partial charge in [-0.3, -0.25) is 0 Å². The summed E-state index contributed by atoms with van der Waals surface area (Å²) in [5, 5.41) is 6.55. The third-order valence-corrected chi connectivity index (χ3v) is 3.68. The number of nitrogens with zero attached hydrogens (tertiary/aromatic N) is 2. The molecule has 0 aliphatic carbocycles. The molecule has 3 aromatic rings. The molecule has 0 bridgehead atoms. The number of benzene rings is 2. The second-order valence-corrected chi connectivity index (χ2v) is 5.41. The van der Waals surface area contributed by atoms with Crippen LogP contribution in [0.3, 0.4) is 0 Å². The normalized spacial score (nSPS) is 10.2. The first-order valence-electron chi connectivity index (χ1n) is 7.77. The Balaban J connectivity index is 1.65. The first-order valence-corrected chi connectivity index (χ1v) is 7.77. The Morgan fingerprint density at radius 3 is 2.54 bits per heavy atom. The maximum Gasteiger partial charge on any atom is 0.229 e. The minimum atomic E-state index is 0.573. The Morgan fingerprint density at radius 2 is 1.79 bits per heavy atom. The monoisotopic (exact) mass is 320 g/mol. The summed E-state index contributed by atoms with van der Waals surface area (Å²) < 4.78 is 5.16. The maximum atomic E-state index is 5.16. The van der Waals surface area contributed by atoms with Gasteiger partial charge in [-0.15, -0.1) is 0 Å². The van der Waals surface area contributed by atoms with Crippen molar-refractivity contribution in [3.05, 3.63) is 71.9 Å². The molecule has 0 spiro atoms. The van der Waals surface area contributed by atoms with E-state index in [0.29, 0.717) is 12.5 Å². The zero-order valence-corrected chi connectivity index (χ0v) is 13.8. The largest absolute Gasteiger partial charge is 0.497 e. The summed E-state index contributed by atoms with van der Waals surface area (Å²) in [6.45, 7) is 2.74. The van der Waals surface area contributed by atoms with Crippen LogP contribution in [0.1, 0.15) is 11.1 Å². The number of methoxy groups -OCH3 is 1. The molecule has 2 aromatic carbocycles. The molecule has 0 saturated carbocycles. The van der Waals surface area contributed by atoms with Crippen molar-refractivity contribution in [2.75, 3.05) is 17.7 Å². The molecule has 2 N–H and O–H groups in total. The number of nitrogens with one attached hydrogen (secondary N) is 2. The van der Waals surface area contributed by atoms with Crippen LogP contribution >= 0.6 is 0 Å². The van der Waals surface area contributed by atoms with Crippen molar-refractivity contribution in [2.24, 2.45) is 0 Å². The van der Waals surface area contributed by atoms with Gasteiger partial charge in [0.25, 0.3) is 0 Å². The predicted octanol–water partition coefficient (Wildman–Crippen LogP) is 4.15. The fourth-order valence-corrected chi connectivity index (χ4v) is 2.29. The van der Waals surface area contributed by atoms with E-state index >= 15 is 0 Å². The molecule has 0 saturated heterocycles. The van der Waals surface area contributed by atoms with Crippen LogP contribution < -0.4 is 15.4 Å². The van der Waals surface area contributed by atoms with Crippen LogP contribution in [0.2, 0.25) is 0 Å². The van der Waals surface area contributed by atoms with Crippen LogP contribution in [0, 0.1) is 6.92 Å². The molecule has 0 unspecified atom stereocenters. The second kappa shape index (κ2) is 7.46. The molecule has 0 aliphatic heterocycles. The number of aryl methyl sites for hydroxylation is 1. The van der Waals surface area contributed by atoms with E-state index in [-0.39, 0.29) is 0 Å². The van der Waals surface area contributed by atoms with Crippen LogP contribution in [0.15, 0.2) is 60.8 Å². The van der Waals surface area contributed by atoms with Gasteiger partial charge in [-0.1, -0.05) is 30.3 Å². The summed E-state index contributed by atoms with van der Waals surface area (Å²) in [6, 6.07) is 17.9. The van der Waals surface area contributed by atoms with Crippen molar-refractivity contribution in [2.45, 2.75) is 13.5 Å². The highest BCUT2D eigenvalue weighted by Gasteiger charge is 2.02. The van der Waals surface area contributed by atoms with E-state index in [4.69, 9.17) is 4.74 Å². The van der Waals surface area contributed by atoms with Crippen molar-refractivity contribution in [3.8, 4) is 5.75 Å². The van der Waals surface area contributed by atoms with Crippen LogP contribution in [0.4, 0.5) is 17.5 Å². The molecule has 0 atom stereocenters. The van der Waals surface area contributed by atoms with E-state index in [2.05, 4.69) is 20.6 Å². The lowest BCUT2D eigenvalue weighted by Gasteiger charge is -2.10. The summed E-state index contributed by atoms with van der Waals surface area (Å²) in [6.07, 6.45) is 1.74. The van der Waals surface area contributed by atoms with Crippen LogP contribution in [-0.2, 0) is 6.54 Å². The van der Waals surface area contributed by atoms with Gasteiger partial charge in [0.2, 0.25) is 5.95 Å². The SMILES string of the molecule is COc1ccc(CNc2ccnc(Nc3ccccc3C)n2)cc1. The van der Waals surface area contributed by atoms with Crippen LogP contribution in [0.25, 0.3) is 0 Å². The standard InChI is InChI=1S/C19H20N4O/c1-14-5-3-4-6-17(14)22-19-20-12-11-18(23-19)21-13-15-7-9-16(24-2)10-8-15/h3-12H,13H2,1-2H3,(H2,20,21,22,23). The average Bonchev–Trinajstić information content (AvgIpc) is 2.63. The van der Waals surface area contributed by atoms with Gasteiger partial charge in [-0.25, -0.2) is 4.98 Å². The Labute approximate surface area is 141 Å². The number of ether oxygens (including phenoxy) is 1. The molecule has 3 rings (SSSR count). The van der Waals surface area contributed by atoms with Crippen LogP contribution in [0.5, 0.6) is 5.75 Å². The fourth-order valence-electron chi connectivity index (χ4n) is 2.29. The Bertz CT molecular complexity index is 802. The highest BCUT2D eigenvalue weighted by atomic mass is 16.5. The van der Waals surface area contributed by atoms with Crippen molar-refractivity contribution in [1.82, 2.24) is 9.97 Å². The number of aromatic nitrogens is 2. The minimum Gasteiger partial charge on any atom is -0.497 e. The molecule has 0 fully saturated rings. The van der Waals surface area contributed by atoms with Gasteiger partial charge < -0.3 is 15.4 Å². The van der Waals surface area contributed by atoms with E-state index < -0.39 is 0 Å². The average molecular weight is 320 g/mol. The minimum absolute atomic E-state index is 0.573. The van der Waals surface area contributed by atoms with E-state index in [1.54, 1.807) is 13.3 Å². The highest BCUT2D eigenvalue weighted by molar-refractivity contribution is 5.58. The molecule has 24 heavy (non-hydrogen) atoms. The lowest BCUT2D eigenvalue weighted by atomic mass is 10.2. The number of para-hydroxylation sites is 1. The third kappa shape index (κ3) is 4.01. The summed E-state index contributed by atoms with van der Waals surface area (Å²) in [5.74, 6) is 2.20. The molecule has 0 aliphatic rings. The zero-order chi connectivity index (χ0) is 16.8. The van der Waals surface area contributed by atoms with E-state index in [1.807, 2.05) is 61.5 Å². The number of hydrogen-bond donors (Lipinski definition) is 2. The zero-order valence-electron chi connectivity index (χ0n) is 13.8. The molecule has 5 heteroatoms. The second-order valence-electron chi connectivity index (χ2n) is 5.41. The topological polar surface area (TPSA) is 59.1 Å². The fraction of sp³-hybridized carbons (Fsp3) is 0.158. The summed E-state index contributed by atoms with van der Waals surface area (Å²) in [5.41, 5.74) is 3.31. The molecule has 0 radical (unpaired) electrons. The van der Waals surface area contributed by atoms with Gasteiger partial charge in [0, 0.05) is 18.4 Å². The van der Waals surface area contributed by atoms with Crippen molar-refractivity contribution in [3.63, 3.8) is 0 Å². The van der Waals surface area contributed by atoms with Gasteiger partial charge in [0.1, 0.15) is 11.6 Å².